The third-order valence-corrected chi connectivity index (χ3v) is 13.6. The molecule has 5 atom stereocenters. The van der Waals surface area contributed by atoms with E-state index < -0.39 is 59.2 Å². The number of ketones is 2. The Kier molecular flexibility index (Phi) is 19.3. The van der Waals surface area contributed by atoms with Crippen LogP contribution in [0.4, 0.5) is 0 Å². The van der Waals surface area contributed by atoms with Crippen molar-refractivity contribution in [2.24, 2.45) is 34.8 Å². The van der Waals surface area contributed by atoms with Crippen LogP contribution in [0.3, 0.4) is 0 Å². The number of amides is 3. The lowest BCUT2D eigenvalue weighted by Crippen LogP contribution is -2.47. The highest BCUT2D eigenvalue weighted by Gasteiger charge is 2.50. The number of esters is 2. The van der Waals surface area contributed by atoms with Gasteiger partial charge < -0.3 is 47.6 Å². The number of para-hydroxylation sites is 1. The maximum atomic E-state index is 13.9. The number of hydrogen-bond acceptors (Lipinski definition) is 14. The number of nitrogens with two attached hydrogens (primary N) is 4. The summed E-state index contributed by atoms with van der Waals surface area (Å²) in [6.45, 7) is 2.72. The molecule has 4 heterocycles. The highest BCUT2D eigenvalue weighted by Crippen LogP contribution is 2.41. The summed E-state index contributed by atoms with van der Waals surface area (Å²) in [6, 6.07) is 18.8. The zero-order valence-corrected chi connectivity index (χ0v) is 40.6. The monoisotopic (exact) mass is 977 g/mol. The Labute approximate surface area is 413 Å². The van der Waals surface area contributed by atoms with Crippen molar-refractivity contribution in [3.63, 3.8) is 0 Å². The van der Waals surface area contributed by atoms with Gasteiger partial charge in [0.25, 0.3) is 5.56 Å². The minimum Gasteiger partial charge on any atom is -0.457 e. The number of carbonyl (C=O) groups is 7. The smallest absolute Gasteiger partial charge is 0.355 e. The summed E-state index contributed by atoms with van der Waals surface area (Å²) in [5, 5.41) is 6.57. The quantitative estimate of drug-likeness (QED) is 0.0295. The van der Waals surface area contributed by atoms with Crippen LogP contribution in [-0.2, 0) is 68.2 Å². The Hall–Kier alpha value is -6.63. The van der Waals surface area contributed by atoms with Crippen LogP contribution in [0, 0.1) is 11.8 Å². The Morgan fingerprint density at radius 3 is 2.24 bits per heavy atom. The van der Waals surface area contributed by atoms with Gasteiger partial charge in [0.05, 0.1) is 47.5 Å². The second kappa shape index (κ2) is 25.5. The number of hydrogen-bond donors (Lipinski definition) is 6. The van der Waals surface area contributed by atoms with Crippen LogP contribution < -0.4 is 39.1 Å². The molecule has 0 fully saturated rings. The van der Waals surface area contributed by atoms with E-state index in [-0.39, 0.29) is 99.3 Å². The molecule has 71 heavy (non-hydrogen) atoms. The number of nitrogens with zero attached hydrogens (tertiary/aromatic N) is 2. The minimum absolute atomic E-state index is 0.0251. The third-order valence-electron chi connectivity index (χ3n) is 13.6. The number of carbonyl (C=O) groups excluding carboxylic acids is 7. The van der Waals surface area contributed by atoms with E-state index in [1.54, 1.807) is 17.6 Å². The van der Waals surface area contributed by atoms with Crippen LogP contribution in [0.15, 0.2) is 71.5 Å². The summed E-state index contributed by atoms with van der Waals surface area (Å²) in [5.41, 5.74) is 25.0. The molecule has 2 aliphatic rings. The van der Waals surface area contributed by atoms with Gasteiger partial charge in [-0.1, -0.05) is 68.3 Å². The van der Waals surface area contributed by atoms with Crippen LogP contribution in [0.25, 0.3) is 22.3 Å². The molecule has 0 spiro atoms. The molecule has 6 rings (SSSR count). The molecule has 18 heteroatoms. The number of nitrogens with one attached hydrogen (secondary N) is 2. The lowest BCUT2D eigenvalue weighted by molar-refractivity contribution is -0.189. The molecule has 0 aliphatic carbocycles. The number of benzene rings is 2. The van der Waals surface area contributed by atoms with Gasteiger partial charge in [0.15, 0.2) is 5.78 Å². The van der Waals surface area contributed by atoms with Gasteiger partial charge in [-0.3, -0.25) is 33.6 Å². The van der Waals surface area contributed by atoms with Gasteiger partial charge in [0.1, 0.15) is 12.4 Å². The maximum absolute atomic E-state index is 13.9. The highest BCUT2D eigenvalue weighted by molar-refractivity contribution is 5.95. The molecular formula is C53H68N8O10. The van der Waals surface area contributed by atoms with E-state index in [9.17, 15) is 38.4 Å². The van der Waals surface area contributed by atoms with Gasteiger partial charge in [-0.2, -0.15) is 0 Å². The van der Waals surface area contributed by atoms with Crippen molar-refractivity contribution >= 4 is 52.1 Å². The number of fused-ring (bicyclic) bond motifs is 5. The first kappa shape index (κ1) is 53.7. The second-order valence-electron chi connectivity index (χ2n) is 18.6. The molecule has 0 unspecified atom stereocenters. The first-order chi connectivity index (χ1) is 34.2. The van der Waals surface area contributed by atoms with Crippen molar-refractivity contribution in [3.05, 3.63) is 99.3 Å². The molecule has 18 nitrogen and oxygen atoms in total. The van der Waals surface area contributed by atoms with Crippen LogP contribution in [0.2, 0.25) is 0 Å². The van der Waals surface area contributed by atoms with Crippen molar-refractivity contribution in [2.45, 2.75) is 134 Å². The standard InChI is InChI=1S/C53H68N8O10/c1-2-53(39-30-43-48-37(27-34-16-6-7-19-41(34)59-48)31-61(43)51(68)38(39)32-70-52(53)69)71-47(65)22-21-46(64)58-25-13-10-17-35(49(57)66)28-45(63)42(20-9-12-24-55)60-50(67)36(26-33-14-4-3-5-15-33)29-44(62)40(56)18-8-11-23-54/h3-7,14-16,19,27,30,35-36,40,42H,2,8-13,17-18,20-26,28-29,31-32,54-56H2,1H3,(H2,57,66)(H,58,64)(H,60,67)/t35-,36-,40+,42+,53+/m1/s1. The predicted molar refractivity (Wildman–Crippen MR) is 266 cm³/mol. The number of primary amides is 1. The number of ether oxygens (including phenoxy) is 2. The number of aromatic nitrogens is 2. The molecule has 4 aromatic rings. The summed E-state index contributed by atoms with van der Waals surface area (Å²) in [7, 11) is 0. The van der Waals surface area contributed by atoms with Crippen molar-refractivity contribution in [3.8, 4) is 11.4 Å². The molecule has 3 amide bonds. The molecule has 10 N–H and O–H groups in total. The highest BCUT2D eigenvalue weighted by atomic mass is 16.6. The van der Waals surface area contributed by atoms with Crippen molar-refractivity contribution in [1.29, 1.82) is 0 Å². The number of unbranched alkanes of at least 4 members (excludes halogenated alkanes) is 3. The summed E-state index contributed by atoms with van der Waals surface area (Å²) in [4.78, 5) is 112. The second-order valence-corrected chi connectivity index (χ2v) is 18.6. The zero-order valence-electron chi connectivity index (χ0n) is 40.6. The average molecular weight is 977 g/mol. The summed E-state index contributed by atoms with van der Waals surface area (Å²) < 4.78 is 12.9. The van der Waals surface area contributed by atoms with E-state index in [4.69, 9.17) is 37.4 Å². The molecule has 2 aliphatic heterocycles. The van der Waals surface area contributed by atoms with E-state index in [0.29, 0.717) is 63.0 Å². The zero-order chi connectivity index (χ0) is 51.1. The van der Waals surface area contributed by atoms with Gasteiger partial charge in [-0.15, -0.1) is 0 Å². The average Bonchev–Trinajstić information content (AvgIpc) is 3.72. The number of Topliss-reactive ketones (excluding diaryl/α,β-unsaturated/α-hetero) is 2. The molecule has 0 bridgehead atoms. The first-order valence-corrected chi connectivity index (χ1v) is 24.9. The Bertz CT molecular complexity index is 2640. The van der Waals surface area contributed by atoms with Crippen LogP contribution in [-0.4, -0.2) is 82.5 Å². The molecule has 2 aromatic carbocycles. The molecule has 0 radical (unpaired) electrons. The number of pyridine rings is 2. The van der Waals surface area contributed by atoms with Gasteiger partial charge in [-0.05, 0) is 94.6 Å². The van der Waals surface area contributed by atoms with Crippen molar-refractivity contribution in [1.82, 2.24) is 20.2 Å². The van der Waals surface area contributed by atoms with Gasteiger partial charge >= 0.3 is 11.9 Å². The van der Waals surface area contributed by atoms with Crippen LogP contribution >= 0.6 is 0 Å². The summed E-state index contributed by atoms with van der Waals surface area (Å²) >= 11 is 0. The number of cyclic esters (lactones) is 1. The van der Waals surface area contributed by atoms with E-state index in [1.807, 2.05) is 60.7 Å². The van der Waals surface area contributed by atoms with E-state index >= 15 is 0 Å². The fraction of sp³-hybridized carbons (Fsp3) is 0.491. The maximum Gasteiger partial charge on any atom is 0.355 e. The Morgan fingerprint density at radius 1 is 0.831 bits per heavy atom. The molecule has 0 saturated heterocycles. The van der Waals surface area contributed by atoms with Crippen LogP contribution in [0.1, 0.15) is 119 Å². The summed E-state index contributed by atoms with van der Waals surface area (Å²) in [5.74, 6) is -5.51. The largest absolute Gasteiger partial charge is 0.457 e. The predicted octanol–water partition coefficient (Wildman–Crippen LogP) is 3.65. The van der Waals surface area contributed by atoms with E-state index in [2.05, 4.69) is 10.6 Å². The van der Waals surface area contributed by atoms with Gasteiger partial charge in [0.2, 0.25) is 23.3 Å². The lowest BCUT2D eigenvalue weighted by Gasteiger charge is -2.35. The minimum atomic E-state index is -1.91. The molecule has 2 aromatic heterocycles. The lowest BCUT2D eigenvalue weighted by atomic mass is 9.85. The van der Waals surface area contributed by atoms with Crippen molar-refractivity contribution in [2.75, 3.05) is 19.6 Å². The first-order valence-electron chi connectivity index (χ1n) is 24.9. The van der Waals surface area contributed by atoms with Crippen LogP contribution in [0.5, 0.6) is 0 Å². The normalized spacial score (nSPS) is 16.4. The molecule has 380 valence electrons. The molecular weight excluding hydrogens is 909 g/mol. The Balaban J connectivity index is 1.00. The van der Waals surface area contributed by atoms with Gasteiger partial charge in [0, 0.05) is 54.2 Å². The number of rotatable bonds is 29. The van der Waals surface area contributed by atoms with Crippen molar-refractivity contribution < 1.29 is 43.0 Å². The Morgan fingerprint density at radius 2 is 1.52 bits per heavy atom. The SMILES string of the molecule is CC[C@@]1(OC(=O)CCC(=O)NCCCC[C@H](CC(=O)[C@H](CCCCN)NC(=O)[C@@H](CC(=O)[C@@H](N)CCCCN)Cc2ccccc2)C(N)=O)C(=O)OCc2c1cc1n(c2=O)Cc2cc3ccccc3nc2-1. The fourth-order valence-corrected chi connectivity index (χ4v) is 9.42. The summed E-state index contributed by atoms with van der Waals surface area (Å²) in [6.07, 6.45) is 3.64. The third kappa shape index (κ3) is 13.6. The molecule has 0 saturated carbocycles. The topological polar surface area (TPSA) is 301 Å². The van der Waals surface area contributed by atoms with E-state index in [0.717, 1.165) is 28.5 Å². The fourth-order valence-electron chi connectivity index (χ4n) is 9.42. The van der Waals surface area contributed by atoms with Gasteiger partial charge in [-0.25, -0.2) is 9.78 Å². The van der Waals surface area contributed by atoms with E-state index in [1.165, 1.54) is 0 Å².